The third kappa shape index (κ3) is 2.85. The van der Waals surface area contributed by atoms with E-state index in [2.05, 4.69) is 0 Å². The molecule has 0 radical (unpaired) electrons. The lowest BCUT2D eigenvalue weighted by molar-refractivity contribution is -0.136. The summed E-state index contributed by atoms with van der Waals surface area (Å²) in [6.07, 6.45) is -0.111. The molecule has 0 unspecified atom stereocenters. The van der Waals surface area contributed by atoms with Crippen LogP contribution in [0.3, 0.4) is 0 Å². The summed E-state index contributed by atoms with van der Waals surface area (Å²) < 4.78 is 11.9. The van der Waals surface area contributed by atoms with Crippen molar-refractivity contribution < 1.29 is 19.2 Å². The summed E-state index contributed by atoms with van der Waals surface area (Å²) in [4.78, 5) is 11.0. The summed E-state index contributed by atoms with van der Waals surface area (Å²) in [5.41, 5.74) is 0.411. The lowest BCUT2D eigenvalue weighted by Gasteiger charge is -2.32. The molecule has 0 aliphatic carbocycles. The number of carboxylic acid groups (broad SMARTS) is 1. The second kappa shape index (κ2) is 5.06. The molecular formula is C14H18BClO4. The van der Waals surface area contributed by atoms with Crippen LogP contribution in [0.5, 0.6) is 0 Å². The van der Waals surface area contributed by atoms with E-state index in [4.69, 9.17) is 26.0 Å². The lowest BCUT2D eigenvalue weighted by Crippen LogP contribution is -2.41. The van der Waals surface area contributed by atoms with Crippen LogP contribution < -0.4 is 5.46 Å². The van der Waals surface area contributed by atoms with Crippen molar-refractivity contribution >= 4 is 30.2 Å². The summed E-state index contributed by atoms with van der Waals surface area (Å²) in [5.74, 6) is -0.912. The summed E-state index contributed by atoms with van der Waals surface area (Å²) >= 11 is 5.94. The standard InChI is InChI=1S/C14H18BClO4/c1-13(2)14(3,4)20-15(19-13)11-6-5-10(16)7-9(11)8-12(17)18/h5-7H,8H2,1-4H3,(H,17,18). The van der Waals surface area contributed by atoms with Crippen LogP contribution in [-0.2, 0) is 20.5 Å². The number of carboxylic acids is 1. The van der Waals surface area contributed by atoms with Gasteiger partial charge < -0.3 is 14.4 Å². The van der Waals surface area contributed by atoms with Gasteiger partial charge in [0.15, 0.2) is 0 Å². The van der Waals surface area contributed by atoms with Gasteiger partial charge in [-0.25, -0.2) is 0 Å². The van der Waals surface area contributed by atoms with Gasteiger partial charge in [-0.3, -0.25) is 4.79 Å². The molecule has 1 aromatic rings. The second-order valence-corrected chi connectivity index (χ2v) is 6.44. The van der Waals surface area contributed by atoms with Crippen molar-refractivity contribution in [1.82, 2.24) is 0 Å². The van der Waals surface area contributed by atoms with Gasteiger partial charge >= 0.3 is 13.1 Å². The summed E-state index contributed by atoms with van der Waals surface area (Å²) in [7, 11) is -0.577. The molecule has 1 aliphatic rings. The molecule has 6 heteroatoms. The minimum atomic E-state index is -0.912. The van der Waals surface area contributed by atoms with Crippen LogP contribution in [-0.4, -0.2) is 29.4 Å². The average Bonchev–Trinajstić information content (AvgIpc) is 2.46. The summed E-state index contributed by atoms with van der Waals surface area (Å²) in [6, 6.07) is 5.13. The van der Waals surface area contributed by atoms with Gasteiger partial charge in [0.25, 0.3) is 0 Å². The Morgan fingerprint density at radius 3 is 2.30 bits per heavy atom. The molecule has 1 N–H and O–H groups in total. The maximum absolute atomic E-state index is 11.0. The number of halogens is 1. The topological polar surface area (TPSA) is 55.8 Å². The molecule has 1 aliphatic heterocycles. The predicted molar refractivity (Wildman–Crippen MR) is 78.5 cm³/mol. The molecule has 0 saturated carbocycles. The first-order chi connectivity index (χ1) is 9.12. The van der Waals surface area contributed by atoms with E-state index in [0.29, 0.717) is 10.6 Å². The highest BCUT2D eigenvalue weighted by molar-refractivity contribution is 6.62. The van der Waals surface area contributed by atoms with E-state index < -0.39 is 24.3 Å². The highest BCUT2D eigenvalue weighted by Crippen LogP contribution is 2.36. The van der Waals surface area contributed by atoms with E-state index in [-0.39, 0.29) is 6.42 Å². The lowest BCUT2D eigenvalue weighted by atomic mass is 9.75. The second-order valence-electron chi connectivity index (χ2n) is 6.00. The predicted octanol–water partition coefficient (Wildman–Crippen LogP) is 2.27. The summed E-state index contributed by atoms with van der Waals surface area (Å²) in [6.45, 7) is 7.83. The first kappa shape index (κ1) is 15.4. The summed E-state index contributed by atoms with van der Waals surface area (Å²) in [5, 5.41) is 9.51. The molecule has 4 nitrogen and oxygen atoms in total. The van der Waals surface area contributed by atoms with E-state index in [0.717, 1.165) is 5.46 Å². The molecule has 0 aromatic heterocycles. The first-order valence-electron chi connectivity index (χ1n) is 6.48. The van der Waals surface area contributed by atoms with Crippen LogP contribution in [0.1, 0.15) is 33.3 Å². The number of aliphatic carboxylic acids is 1. The molecule has 108 valence electrons. The zero-order valence-corrected chi connectivity index (χ0v) is 12.8. The SMILES string of the molecule is CC1(C)OB(c2ccc(Cl)cc2CC(=O)O)OC1(C)C. The Bertz CT molecular complexity index is 526. The minimum Gasteiger partial charge on any atom is -0.481 e. The van der Waals surface area contributed by atoms with Crippen molar-refractivity contribution in [2.24, 2.45) is 0 Å². The minimum absolute atomic E-state index is 0.111. The van der Waals surface area contributed by atoms with Crippen LogP contribution in [0.2, 0.25) is 5.02 Å². The molecule has 0 bridgehead atoms. The van der Waals surface area contributed by atoms with Crippen molar-refractivity contribution in [3.8, 4) is 0 Å². The number of carbonyl (C=O) groups is 1. The smallest absolute Gasteiger partial charge is 0.481 e. The largest absolute Gasteiger partial charge is 0.495 e. The van der Waals surface area contributed by atoms with E-state index in [1.54, 1.807) is 18.2 Å². The molecule has 0 spiro atoms. The maximum Gasteiger partial charge on any atom is 0.495 e. The number of hydrogen-bond donors (Lipinski definition) is 1. The Morgan fingerprint density at radius 2 is 1.80 bits per heavy atom. The molecule has 1 saturated heterocycles. The number of benzene rings is 1. The average molecular weight is 297 g/mol. The molecular weight excluding hydrogens is 278 g/mol. The highest BCUT2D eigenvalue weighted by Gasteiger charge is 2.52. The van der Waals surface area contributed by atoms with Crippen LogP contribution in [0.15, 0.2) is 18.2 Å². The Labute approximate surface area is 124 Å². The van der Waals surface area contributed by atoms with Gasteiger partial charge in [-0.1, -0.05) is 17.7 Å². The number of hydrogen-bond acceptors (Lipinski definition) is 3. The van der Waals surface area contributed by atoms with Crippen molar-refractivity contribution in [3.05, 3.63) is 28.8 Å². The van der Waals surface area contributed by atoms with Gasteiger partial charge in [-0.05, 0) is 50.9 Å². The Morgan fingerprint density at radius 1 is 1.25 bits per heavy atom. The fourth-order valence-electron chi connectivity index (χ4n) is 2.09. The van der Waals surface area contributed by atoms with Crippen LogP contribution in [0.4, 0.5) is 0 Å². The monoisotopic (exact) mass is 296 g/mol. The van der Waals surface area contributed by atoms with Gasteiger partial charge in [0.2, 0.25) is 0 Å². The van der Waals surface area contributed by atoms with Crippen molar-refractivity contribution in [1.29, 1.82) is 0 Å². The van der Waals surface area contributed by atoms with Crippen molar-refractivity contribution in [3.63, 3.8) is 0 Å². The quantitative estimate of drug-likeness (QED) is 0.869. The van der Waals surface area contributed by atoms with Gasteiger partial charge in [0.05, 0.1) is 17.6 Å². The third-order valence-corrected chi connectivity index (χ3v) is 4.19. The third-order valence-electron chi connectivity index (χ3n) is 3.95. The van der Waals surface area contributed by atoms with Gasteiger partial charge in [0.1, 0.15) is 0 Å². The zero-order chi connectivity index (χ0) is 15.1. The van der Waals surface area contributed by atoms with E-state index in [1.807, 2.05) is 27.7 Å². The fourth-order valence-corrected chi connectivity index (χ4v) is 2.29. The normalized spacial score (nSPS) is 20.1. The Balaban J connectivity index is 2.37. The molecule has 0 atom stereocenters. The van der Waals surface area contributed by atoms with Gasteiger partial charge in [-0.2, -0.15) is 0 Å². The van der Waals surface area contributed by atoms with Gasteiger partial charge in [-0.15, -0.1) is 0 Å². The van der Waals surface area contributed by atoms with E-state index in [9.17, 15) is 4.79 Å². The van der Waals surface area contributed by atoms with Crippen LogP contribution in [0.25, 0.3) is 0 Å². The first-order valence-corrected chi connectivity index (χ1v) is 6.86. The van der Waals surface area contributed by atoms with Crippen molar-refractivity contribution in [2.75, 3.05) is 0 Å². The van der Waals surface area contributed by atoms with Crippen molar-refractivity contribution in [2.45, 2.75) is 45.3 Å². The molecule has 20 heavy (non-hydrogen) atoms. The molecule has 1 heterocycles. The van der Waals surface area contributed by atoms with E-state index in [1.165, 1.54) is 0 Å². The van der Waals surface area contributed by atoms with Crippen LogP contribution in [0, 0.1) is 0 Å². The molecule has 1 fully saturated rings. The number of rotatable bonds is 3. The Kier molecular flexibility index (Phi) is 3.89. The van der Waals surface area contributed by atoms with E-state index >= 15 is 0 Å². The molecule has 2 rings (SSSR count). The Hall–Kier alpha value is -1.04. The molecule has 1 aromatic carbocycles. The van der Waals surface area contributed by atoms with Gasteiger partial charge in [0, 0.05) is 5.02 Å². The highest BCUT2D eigenvalue weighted by atomic mass is 35.5. The zero-order valence-electron chi connectivity index (χ0n) is 12.1. The maximum atomic E-state index is 11.0. The van der Waals surface area contributed by atoms with Crippen LogP contribution >= 0.6 is 11.6 Å². The molecule has 0 amide bonds. The fraction of sp³-hybridized carbons (Fsp3) is 0.500.